The van der Waals surface area contributed by atoms with E-state index in [9.17, 15) is 8.78 Å². The average molecular weight is 296 g/mol. The molecular formula is C17H26F2N2. The molecule has 1 saturated carbocycles. The molecule has 0 bridgehead atoms. The van der Waals surface area contributed by atoms with Crippen molar-refractivity contribution in [1.29, 1.82) is 0 Å². The summed E-state index contributed by atoms with van der Waals surface area (Å²) in [4.78, 5) is 2.28. The van der Waals surface area contributed by atoms with Crippen LogP contribution < -0.4 is 5.73 Å². The van der Waals surface area contributed by atoms with Crippen molar-refractivity contribution in [2.24, 2.45) is 5.73 Å². The highest BCUT2D eigenvalue weighted by Gasteiger charge is 2.28. The van der Waals surface area contributed by atoms with Crippen molar-refractivity contribution in [3.8, 4) is 0 Å². The molecule has 0 radical (unpaired) electrons. The van der Waals surface area contributed by atoms with Crippen LogP contribution in [0.15, 0.2) is 12.1 Å². The first-order valence-electron chi connectivity index (χ1n) is 7.90. The predicted octanol–water partition coefficient (Wildman–Crippen LogP) is 3.93. The summed E-state index contributed by atoms with van der Waals surface area (Å²) in [6.45, 7) is 6.46. The lowest BCUT2D eigenvalue weighted by Gasteiger charge is -2.39. The quantitative estimate of drug-likeness (QED) is 0.912. The highest BCUT2D eigenvalue weighted by Crippen LogP contribution is 2.31. The van der Waals surface area contributed by atoms with Crippen molar-refractivity contribution < 1.29 is 8.78 Å². The highest BCUT2D eigenvalue weighted by molar-refractivity contribution is 5.27. The third-order valence-electron chi connectivity index (χ3n) is 4.80. The SMILES string of the molecule is CCN(C1CCC(N)CC1)C(C)c1cc(F)c(C)cc1F. The summed E-state index contributed by atoms with van der Waals surface area (Å²) in [6.07, 6.45) is 4.10. The molecule has 1 aromatic rings. The average Bonchev–Trinajstić information content (AvgIpc) is 2.45. The van der Waals surface area contributed by atoms with E-state index in [1.165, 1.54) is 12.1 Å². The van der Waals surface area contributed by atoms with Crippen molar-refractivity contribution >= 4 is 0 Å². The molecule has 2 rings (SSSR count). The van der Waals surface area contributed by atoms with Crippen LogP contribution in [0.4, 0.5) is 8.78 Å². The zero-order valence-electron chi connectivity index (χ0n) is 13.2. The molecule has 0 spiro atoms. The summed E-state index contributed by atoms with van der Waals surface area (Å²) in [5, 5.41) is 0. The molecule has 2 nitrogen and oxygen atoms in total. The Morgan fingerprint density at radius 1 is 1.19 bits per heavy atom. The van der Waals surface area contributed by atoms with Crippen LogP contribution in [-0.2, 0) is 0 Å². The Morgan fingerprint density at radius 2 is 1.81 bits per heavy atom. The summed E-state index contributed by atoms with van der Waals surface area (Å²) in [5.74, 6) is -0.646. The molecule has 0 saturated heterocycles. The second-order valence-corrected chi connectivity index (χ2v) is 6.20. The van der Waals surface area contributed by atoms with E-state index in [0.29, 0.717) is 23.2 Å². The van der Waals surface area contributed by atoms with Crippen LogP contribution in [0.5, 0.6) is 0 Å². The maximum Gasteiger partial charge on any atom is 0.128 e. The Balaban J connectivity index is 2.20. The van der Waals surface area contributed by atoms with Crippen molar-refractivity contribution in [2.45, 2.75) is 64.6 Å². The molecule has 0 amide bonds. The van der Waals surface area contributed by atoms with Gasteiger partial charge in [-0.2, -0.15) is 0 Å². The Bertz CT molecular complexity index is 482. The molecule has 0 heterocycles. The number of nitrogens with zero attached hydrogens (tertiary/aromatic N) is 1. The van der Waals surface area contributed by atoms with Gasteiger partial charge in [-0.3, -0.25) is 4.90 Å². The van der Waals surface area contributed by atoms with E-state index >= 15 is 0 Å². The van der Waals surface area contributed by atoms with Crippen LogP contribution in [0.25, 0.3) is 0 Å². The summed E-state index contributed by atoms with van der Waals surface area (Å²) in [6, 6.07) is 3.24. The van der Waals surface area contributed by atoms with Crippen LogP contribution in [0.1, 0.15) is 56.7 Å². The number of nitrogens with two attached hydrogens (primary N) is 1. The molecule has 2 N–H and O–H groups in total. The van der Waals surface area contributed by atoms with Crippen LogP contribution in [0.3, 0.4) is 0 Å². The number of halogens is 2. The zero-order valence-corrected chi connectivity index (χ0v) is 13.2. The Hall–Kier alpha value is -1.00. The standard InChI is InChI=1S/C17H26F2N2/c1-4-21(14-7-5-13(20)6-8-14)12(3)15-10-16(18)11(2)9-17(15)19/h9-10,12-14H,4-8,20H2,1-3H3. The summed E-state index contributed by atoms with van der Waals surface area (Å²) >= 11 is 0. The Morgan fingerprint density at radius 3 is 2.38 bits per heavy atom. The second-order valence-electron chi connectivity index (χ2n) is 6.20. The largest absolute Gasteiger partial charge is 0.328 e. The van der Waals surface area contributed by atoms with E-state index in [4.69, 9.17) is 5.73 Å². The van der Waals surface area contributed by atoms with E-state index in [0.717, 1.165) is 32.2 Å². The van der Waals surface area contributed by atoms with Gasteiger partial charge in [-0.1, -0.05) is 6.92 Å². The van der Waals surface area contributed by atoms with Crippen LogP contribution in [0, 0.1) is 18.6 Å². The Labute approximate surface area is 126 Å². The van der Waals surface area contributed by atoms with Gasteiger partial charge in [0, 0.05) is 23.7 Å². The van der Waals surface area contributed by atoms with Gasteiger partial charge in [0.1, 0.15) is 11.6 Å². The van der Waals surface area contributed by atoms with Crippen molar-refractivity contribution in [3.05, 3.63) is 34.9 Å². The van der Waals surface area contributed by atoms with Crippen LogP contribution >= 0.6 is 0 Å². The Kier molecular flexibility index (Phi) is 5.33. The van der Waals surface area contributed by atoms with Gasteiger partial charge in [-0.25, -0.2) is 8.78 Å². The lowest BCUT2D eigenvalue weighted by molar-refractivity contribution is 0.112. The van der Waals surface area contributed by atoms with E-state index in [1.807, 2.05) is 6.92 Å². The van der Waals surface area contributed by atoms with Gasteiger partial charge >= 0.3 is 0 Å². The molecule has 118 valence electrons. The van der Waals surface area contributed by atoms with Crippen molar-refractivity contribution in [2.75, 3.05) is 6.54 Å². The summed E-state index contributed by atoms with van der Waals surface area (Å²) < 4.78 is 28.0. The molecule has 4 heteroatoms. The highest BCUT2D eigenvalue weighted by atomic mass is 19.1. The topological polar surface area (TPSA) is 29.3 Å². The number of hydrogen-bond acceptors (Lipinski definition) is 2. The molecule has 1 aliphatic carbocycles. The van der Waals surface area contributed by atoms with Gasteiger partial charge in [0.25, 0.3) is 0 Å². The van der Waals surface area contributed by atoms with Gasteiger partial charge in [-0.05, 0) is 63.8 Å². The third-order valence-corrected chi connectivity index (χ3v) is 4.80. The van der Waals surface area contributed by atoms with Gasteiger partial charge in [-0.15, -0.1) is 0 Å². The van der Waals surface area contributed by atoms with Gasteiger partial charge in [0.15, 0.2) is 0 Å². The number of hydrogen-bond donors (Lipinski definition) is 1. The lowest BCUT2D eigenvalue weighted by Crippen LogP contribution is -2.42. The fourth-order valence-corrected chi connectivity index (χ4v) is 3.44. The fraction of sp³-hybridized carbons (Fsp3) is 0.647. The minimum Gasteiger partial charge on any atom is -0.328 e. The number of rotatable bonds is 4. The van der Waals surface area contributed by atoms with Crippen molar-refractivity contribution in [3.63, 3.8) is 0 Å². The minimum absolute atomic E-state index is 0.121. The number of benzene rings is 1. The first kappa shape index (κ1) is 16.4. The maximum absolute atomic E-state index is 14.2. The number of aryl methyl sites for hydroxylation is 1. The minimum atomic E-state index is -0.333. The van der Waals surface area contributed by atoms with E-state index < -0.39 is 0 Å². The molecular weight excluding hydrogens is 270 g/mol. The maximum atomic E-state index is 14.2. The molecule has 1 aliphatic rings. The van der Waals surface area contributed by atoms with Crippen molar-refractivity contribution in [1.82, 2.24) is 4.90 Å². The zero-order chi connectivity index (χ0) is 15.6. The monoisotopic (exact) mass is 296 g/mol. The van der Waals surface area contributed by atoms with E-state index in [2.05, 4.69) is 11.8 Å². The predicted molar refractivity (Wildman–Crippen MR) is 82.1 cm³/mol. The van der Waals surface area contributed by atoms with Gasteiger partial charge < -0.3 is 5.73 Å². The molecule has 1 atom stereocenters. The molecule has 1 aromatic carbocycles. The van der Waals surface area contributed by atoms with E-state index in [1.54, 1.807) is 6.92 Å². The van der Waals surface area contributed by atoms with Crippen LogP contribution in [0.2, 0.25) is 0 Å². The first-order chi connectivity index (χ1) is 9.93. The lowest BCUT2D eigenvalue weighted by atomic mass is 9.89. The summed E-state index contributed by atoms with van der Waals surface area (Å²) in [7, 11) is 0. The fourth-order valence-electron chi connectivity index (χ4n) is 3.44. The molecule has 0 aromatic heterocycles. The molecule has 0 aliphatic heterocycles. The van der Waals surface area contributed by atoms with Gasteiger partial charge in [0.2, 0.25) is 0 Å². The van der Waals surface area contributed by atoms with Crippen LogP contribution in [-0.4, -0.2) is 23.5 Å². The van der Waals surface area contributed by atoms with Gasteiger partial charge in [0.05, 0.1) is 0 Å². The second kappa shape index (κ2) is 6.84. The first-order valence-corrected chi connectivity index (χ1v) is 7.90. The third kappa shape index (κ3) is 3.61. The molecule has 21 heavy (non-hydrogen) atoms. The molecule has 1 unspecified atom stereocenters. The molecule has 1 fully saturated rings. The normalized spacial score (nSPS) is 24.3. The van der Waals surface area contributed by atoms with E-state index in [-0.39, 0.29) is 17.7 Å². The summed E-state index contributed by atoms with van der Waals surface area (Å²) in [5.41, 5.74) is 6.77. The smallest absolute Gasteiger partial charge is 0.128 e.